The fraction of sp³-hybridized carbons (Fsp3) is 0.231. The van der Waals surface area contributed by atoms with E-state index >= 15 is 0 Å². The maximum atomic E-state index is 12.0. The number of aromatic hydroxyl groups is 1. The zero-order valence-electron chi connectivity index (χ0n) is 10.3. The van der Waals surface area contributed by atoms with Crippen molar-refractivity contribution in [1.82, 2.24) is 9.88 Å². The molecule has 2 amide bonds. The number of amides is 2. The second-order valence-electron chi connectivity index (χ2n) is 4.88. The first-order valence-corrected chi connectivity index (χ1v) is 6.28. The molecule has 1 aromatic carbocycles. The molecule has 1 unspecified atom stereocenters. The number of aromatic nitrogens is 1. The zero-order chi connectivity index (χ0) is 13.9. The van der Waals surface area contributed by atoms with Gasteiger partial charge in [-0.15, -0.1) is 10.2 Å². The first kappa shape index (κ1) is 11.2. The van der Waals surface area contributed by atoms with Crippen LogP contribution in [0, 0.1) is 0 Å². The molecule has 7 heteroatoms. The Balaban J connectivity index is 1.94. The molecule has 2 aliphatic rings. The van der Waals surface area contributed by atoms with E-state index in [1.165, 1.54) is 4.57 Å². The van der Waals surface area contributed by atoms with E-state index in [9.17, 15) is 14.7 Å². The molecule has 1 fully saturated rings. The highest BCUT2D eigenvalue weighted by Crippen LogP contribution is 2.48. The average molecular weight is 270 g/mol. The summed E-state index contributed by atoms with van der Waals surface area (Å²) < 4.78 is 1.46. The van der Waals surface area contributed by atoms with Crippen LogP contribution in [0.3, 0.4) is 0 Å². The maximum absolute atomic E-state index is 12.0. The van der Waals surface area contributed by atoms with Gasteiger partial charge in [0, 0.05) is 11.8 Å². The normalized spacial score (nSPS) is 20.7. The monoisotopic (exact) mass is 270 g/mol. The third-order valence-corrected chi connectivity index (χ3v) is 3.74. The first-order valence-electron chi connectivity index (χ1n) is 6.28. The van der Waals surface area contributed by atoms with Crippen LogP contribution in [-0.4, -0.2) is 21.5 Å². The molecule has 7 nitrogen and oxygen atoms in total. The van der Waals surface area contributed by atoms with Gasteiger partial charge in [0.2, 0.25) is 17.7 Å². The molecule has 2 aromatic rings. The number of azo groups is 1. The minimum absolute atomic E-state index is 0.00926. The summed E-state index contributed by atoms with van der Waals surface area (Å²) >= 11 is 0. The molecule has 2 aliphatic heterocycles. The van der Waals surface area contributed by atoms with Crippen LogP contribution in [0.25, 0.3) is 10.8 Å². The van der Waals surface area contributed by atoms with Crippen LogP contribution in [0.5, 0.6) is 5.88 Å². The zero-order valence-corrected chi connectivity index (χ0v) is 10.3. The fourth-order valence-electron chi connectivity index (χ4n) is 2.82. The van der Waals surface area contributed by atoms with E-state index in [1.54, 1.807) is 18.2 Å². The van der Waals surface area contributed by atoms with Crippen LogP contribution in [-0.2, 0) is 9.59 Å². The third kappa shape index (κ3) is 1.29. The van der Waals surface area contributed by atoms with Crippen LogP contribution in [0.2, 0.25) is 0 Å². The van der Waals surface area contributed by atoms with Gasteiger partial charge in [0.25, 0.3) is 0 Å². The van der Waals surface area contributed by atoms with Crippen LogP contribution in [0.1, 0.15) is 18.9 Å². The molecule has 1 saturated heterocycles. The number of rotatable bonds is 1. The van der Waals surface area contributed by atoms with Crippen molar-refractivity contribution in [2.45, 2.75) is 18.9 Å². The number of hydrogen-bond donors (Lipinski definition) is 2. The largest absolute Gasteiger partial charge is 0.494 e. The Morgan fingerprint density at radius 3 is 2.95 bits per heavy atom. The van der Waals surface area contributed by atoms with Gasteiger partial charge in [-0.2, -0.15) is 0 Å². The van der Waals surface area contributed by atoms with Crippen LogP contribution in [0.4, 0.5) is 11.5 Å². The highest BCUT2D eigenvalue weighted by atomic mass is 16.3. The Labute approximate surface area is 112 Å². The lowest BCUT2D eigenvalue weighted by atomic mass is 10.1. The van der Waals surface area contributed by atoms with Gasteiger partial charge >= 0.3 is 0 Å². The van der Waals surface area contributed by atoms with Gasteiger partial charge in [-0.25, -0.2) is 0 Å². The van der Waals surface area contributed by atoms with Crippen molar-refractivity contribution in [2.24, 2.45) is 10.2 Å². The fourth-order valence-corrected chi connectivity index (χ4v) is 2.82. The first-order chi connectivity index (χ1) is 9.66. The molecule has 0 spiro atoms. The van der Waals surface area contributed by atoms with Gasteiger partial charge in [-0.05, 0) is 18.6 Å². The van der Waals surface area contributed by atoms with Gasteiger partial charge < -0.3 is 5.11 Å². The minimum Gasteiger partial charge on any atom is -0.494 e. The van der Waals surface area contributed by atoms with Crippen molar-refractivity contribution < 1.29 is 14.7 Å². The summed E-state index contributed by atoms with van der Waals surface area (Å²) in [6.07, 6.45) is 0.588. The van der Waals surface area contributed by atoms with Crippen LogP contribution >= 0.6 is 0 Å². The van der Waals surface area contributed by atoms with Crippen molar-refractivity contribution in [3.8, 4) is 5.88 Å². The Hall–Kier alpha value is -2.70. The summed E-state index contributed by atoms with van der Waals surface area (Å²) in [6, 6.07) is 4.70. The smallest absolute Gasteiger partial charge is 0.249 e. The summed E-state index contributed by atoms with van der Waals surface area (Å²) in [5, 5.41) is 22.1. The molecule has 3 heterocycles. The van der Waals surface area contributed by atoms with Crippen molar-refractivity contribution in [1.29, 1.82) is 0 Å². The number of nitrogens with one attached hydrogen (secondary N) is 1. The molecule has 1 atom stereocenters. The molecule has 0 saturated carbocycles. The van der Waals surface area contributed by atoms with Gasteiger partial charge in [-0.1, -0.05) is 6.07 Å². The predicted molar refractivity (Wildman–Crippen MR) is 69.2 cm³/mol. The molecule has 2 N–H and O–H groups in total. The third-order valence-electron chi connectivity index (χ3n) is 3.74. The Bertz CT molecular complexity index is 806. The lowest BCUT2D eigenvalue weighted by Gasteiger charge is -2.23. The summed E-state index contributed by atoms with van der Waals surface area (Å²) in [6.45, 7) is 0. The van der Waals surface area contributed by atoms with Crippen molar-refractivity contribution in [3.63, 3.8) is 0 Å². The number of piperidine rings is 1. The van der Waals surface area contributed by atoms with Crippen LogP contribution in [0.15, 0.2) is 28.4 Å². The number of imide groups is 1. The van der Waals surface area contributed by atoms with E-state index < -0.39 is 11.9 Å². The van der Waals surface area contributed by atoms with E-state index in [2.05, 4.69) is 15.5 Å². The van der Waals surface area contributed by atoms with E-state index in [-0.39, 0.29) is 18.2 Å². The van der Waals surface area contributed by atoms with Crippen molar-refractivity contribution in [3.05, 3.63) is 18.2 Å². The maximum Gasteiger partial charge on any atom is 0.249 e. The van der Waals surface area contributed by atoms with Crippen LogP contribution < -0.4 is 5.32 Å². The number of carbonyl (C=O) groups is 2. The van der Waals surface area contributed by atoms with Crippen molar-refractivity contribution >= 4 is 34.1 Å². The lowest BCUT2D eigenvalue weighted by molar-refractivity contribution is -0.135. The molecule has 4 rings (SSSR count). The molecule has 0 radical (unpaired) electrons. The minimum atomic E-state index is -0.639. The molecular weight excluding hydrogens is 260 g/mol. The molecular formula is C13H10N4O3. The average Bonchev–Trinajstić information content (AvgIpc) is 2.96. The van der Waals surface area contributed by atoms with E-state index in [1.807, 2.05) is 0 Å². The second-order valence-corrected chi connectivity index (χ2v) is 4.88. The van der Waals surface area contributed by atoms with E-state index in [0.717, 1.165) is 5.39 Å². The molecule has 1 aromatic heterocycles. The Morgan fingerprint density at radius 1 is 1.30 bits per heavy atom. The molecule has 20 heavy (non-hydrogen) atoms. The standard InChI is InChI=1S/C13H10N4O3/c18-9-5-4-8(12(19)14-9)17-11-10-6(13(17)20)2-1-3-7(10)15-16-11/h1-3,8,20H,4-5H2,(H,14,18,19). The summed E-state index contributed by atoms with van der Waals surface area (Å²) in [5.41, 5.74) is 0.679. The summed E-state index contributed by atoms with van der Waals surface area (Å²) in [4.78, 5) is 23.2. The van der Waals surface area contributed by atoms with E-state index in [4.69, 9.17) is 0 Å². The number of benzene rings is 1. The van der Waals surface area contributed by atoms with Gasteiger partial charge in [-0.3, -0.25) is 19.5 Å². The quantitative estimate of drug-likeness (QED) is 0.662. The highest BCUT2D eigenvalue weighted by Gasteiger charge is 2.34. The van der Waals surface area contributed by atoms with Gasteiger partial charge in [0.1, 0.15) is 6.04 Å². The highest BCUT2D eigenvalue weighted by molar-refractivity contribution is 6.07. The molecule has 100 valence electrons. The number of nitrogens with zero attached hydrogens (tertiary/aromatic N) is 3. The lowest BCUT2D eigenvalue weighted by Crippen LogP contribution is -2.41. The van der Waals surface area contributed by atoms with E-state index in [0.29, 0.717) is 23.3 Å². The number of carbonyl (C=O) groups excluding carboxylic acids is 2. The Kier molecular flexibility index (Phi) is 2.04. The summed E-state index contributed by atoms with van der Waals surface area (Å²) in [5.74, 6) is -0.245. The van der Waals surface area contributed by atoms with Crippen molar-refractivity contribution in [2.75, 3.05) is 0 Å². The van der Waals surface area contributed by atoms with Gasteiger partial charge in [0.05, 0.1) is 11.1 Å². The molecule has 0 aliphatic carbocycles. The second kappa shape index (κ2) is 3.66. The topological polar surface area (TPSA) is 96.1 Å². The predicted octanol–water partition coefficient (Wildman–Crippen LogP) is 2.05. The number of hydrogen-bond acceptors (Lipinski definition) is 5. The SMILES string of the molecule is O=C1CCC(n2c(O)c3cccc4c3c2N=N4)C(=O)N1. The Morgan fingerprint density at radius 2 is 2.15 bits per heavy atom. The molecule has 0 bridgehead atoms. The summed E-state index contributed by atoms with van der Waals surface area (Å²) in [7, 11) is 0. The van der Waals surface area contributed by atoms with Gasteiger partial charge in [0.15, 0.2) is 5.82 Å².